The van der Waals surface area contributed by atoms with Crippen LogP contribution < -0.4 is 0 Å². The molecule has 0 radical (unpaired) electrons. The Kier molecular flexibility index (Phi) is 6.20. The first-order valence-corrected chi connectivity index (χ1v) is 6.10. The van der Waals surface area contributed by atoms with E-state index in [0.29, 0.717) is 12.2 Å². The molecule has 0 aromatic heterocycles. The summed E-state index contributed by atoms with van der Waals surface area (Å²) in [6, 6.07) is 0. The normalized spacial score (nSPS) is 27.9. The molecule has 2 nitrogen and oxygen atoms in total. The maximum absolute atomic E-state index is 5.79. The van der Waals surface area contributed by atoms with Crippen LogP contribution in [0.3, 0.4) is 0 Å². The topological polar surface area (TPSA) is 18.5 Å². The van der Waals surface area contributed by atoms with E-state index in [2.05, 4.69) is 13.8 Å². The highest BCUT2D eigenvalue weighted by Crippen LogP contribution is 2.23. The van der Waals surface area contributed by atoms with Crippen LogP contribution in [-0.4, -0.2) is 25.4 Å². The molecule has 0 atom stereocenters. The van der Waals surface area contributed by atoms with Gasteiger partial charge >= 0.3 is 0 Å². The Morgan fingerprint density at radius 3 is 2.00 bits per heavy atom. The SMILES string of the molecule is CCCCOC1CCC(OCC)CC1. The molecule has 0 aliphatic heterocycles. The summed E-state index contributed by atoms with van der Waals surface area (Å²) < 4.78 is 11.4. The van der Waals surface area contributed by atoms with E-state index in [1.807, 2.05) is 0 Å². The lowest BCUT2D eigenvalue weighted by Crippen LogP contribution is -2.26. The fourth-order valence-corrected chi connectivity index (χ4v) is 2.00. The van der Waals surface area contributed by atoms with Gasteiger partial charge in [-0.05, 0) is 39.0 Å². The molecular formula is C12H24O2. The van der Waals surface area contributed by atoms with Crippen molar-refractivity contribution in [1.82, 2.24) is 0 Å². The summed E-state index contributed by atoms with van der Waals surface area (Å²) in [5.41, 5.74) is 0. The van der Waals surface area contributed by atoms with Crippen LogP contribution in [0.25, 0.3) is 0 Å². The van der Waals surface area contributed by atoms with Crippen LogP contribution in [0.1, 0.15) is 52.4 Å². The van der Waals surface area contributed by atoms with Gasteiger partial charge in [0.25, 0.3) is 0 Å². The molecule has 0 bridgehead atoms. The molecule has 84 valence electrons. The molecule has 0 N–H and O–H groups in total. The van der Waals surface area contributed by atoms with E-state index < -0.39 is 0 Å². The van der Waals surface area contributed by atoms with E-state index in [-0.39, 0.29) is 0 Å². The van der Waals surface area contributed by atoms with Gasteiger partial charge in [-0.2, -0.15) is 0 Å². The summed E-state index contributed by atoms with van der Waals surface area (Å²) in [6.45, 7) is 6.08. The largest absolute Gasteiger partial charge is 0.379 e. The molecule has 0 heterocycles. The van der Waals surface area contributed by atoms with Crippen LogP contribution in [0, 0.1) is 0 Å². The summed E-state index contributed by atoms with van der Waals surface area (Å²) >= 11 is 0. The summed E-state index contributed by atoms with van der Waals surface area (Å²) in [5.74, 6) is 0. The van der Waals surface area contributed by atoms with Crippen molar-refractivity contribution in [2.75, 3.05) is 13.2 Å². The Bertz CT molecular complexity index is 128. The van der Waals surface area contributed by atoms with Gasteiger partial charge in [-0.15, -0.1) is 0 Å². The molecule has 1 fully saturated rings. The predicted molar refractivity (Wildman–Crippen MR) is 58.5 cm³/mol. The number of ether oxygens (including phenoxy) is 2. The average molecular weight is 200 g/mol. The second kappa shape index (κ2) is 7.24. The van der Waals surface area contributed by atoms with Crippen molar-refractivity contribution in [3.63, 3.8) is 0 Å². The van der Waals surface area contributed by atoms with Crippen molar-refractivity contribution >= 4 is 0 Å². The van der Waals surface area contributed by atoms with Crippen molar-refractivity contribution in [3.8, 4) is 0 Å². The maximum atomic E-state index is 5.79. The Balaban J connectivity index is 2.03. The molecule has 0 aromatic rings. The highest BCUT2D eigenvalue weighted by Gasteiger charge is 2.21. The van der Waals surface area contributed by atoms with Gasteiger partial charge in [0.05, 0.1) is 12.2 Å². The van der Waals surface area contributed by atoms with E-state index in [0.717, 1.165) is 13.2 Å². The van der Waals surface area contributed by atoms with E-state index in [9.17, 15) is 0 Å². The standard InChI is InChI=1S/C12H24O2/c1-3-5-10-14-12-8-6-11(7-9-12)13-4-2/h11-12H,3-10H2,1-2H3. The van der Waals surface area contributed by atoms with E-state index in [4.69, 9.17) is 9.47 Å². The average Bonchev–Trinajstić information content (AvgIpc) is 2.21. The summed E-state index contributed by atoms with van der Waals surface area (Å²) in [6.07, 6.45) is 8.20. The molecule has 0 saturated heterocycles. The Labute approximate surface area is 88.0 Å². The Morgan fingerprint density at radius 1 is 0.929 bits per heavy atom. The van der Waals surface area contributed by atoms with Crippen LogP contribution >= 0.6 is 0 Å². The molecule has 0 unspecified atom stereocenters. The van der Waals surface area contributed by atoms with Gasteiger partial charge in [0.15, 0.2) is 0 Å². The predicted octanol–water partition coefficient (Wildman–Crippen LogP) is 3.15. The number of hydrogen-bond acceptors (Lipinski definition) is 2. The highest BCUT2D eigenvalue weighted by molar-refractivity contribution is 4.72. The van der Waals surface area contributed by atoms with Crippen molar-refractivity contribution < 1.29 is 9.47 Å². The van der Waals surface area contributed by atoms with Crippen molar-refractivity contribution in [1.29, 1.82) is 0 Å². The van der Waals surface area contributed by atoms with Gasteiger partial charge in [0.1, 0.15) is 0 Å². The molecule has 0 spiro atoms. The second-order valence-corrected chi connectivity index (χ2v) is 4.08. The molecule has 2 heteroatoms. The lowest BCUT2D eigenvalue weighted by atomic mass is 9.95. The van der Waals surface area contributed by atoms with Gasteiger partial charge in [0, 0.05) is 13.2 Å². The molecule has 14 heavy (non-hydrogen) atoms. The Morgan fingerprint density at radius 2 is 1.50 bits per heavy atom. The van der Waals surface area contributed by atoms with Crippen LogP contribution in [0.15, 0.2) is 0 Å². The summed E-state index contributed by atoms with van der Waals surface area (Å²) in [4.78, 5) is 0. The van der Waals surface area contributed by atoms with E-state index >= 15 is 0 Å². The minimum atomic E-state index is 0.506. The van der Waals surface area contributed by atoms with Gasteiger partial charge < -0.3 is 9.47 Å². The zero-order chi connectivity index (χ0) is 10.2. The van der Waals surface area contributed by atoms with Gasteiger partial charge in [-0.1, -0.05) is 13.3 Å². The van der Waals surface area contributed by atoms with E-state index in [1.165, 1.54) is 38.5 Å². The maximum Gasteiger partial charge on any atom is 0.0577 e. The zero-order valence-corrected chi connectivity index (χ0v) is 9.63. The van der Waals surface area contributed by atoms with Gasteiger partial charge in [-0.25, -0.2) is 0 Å². The van der Waals surface area contributed by atoms with Crippen LogP contribution in [0.4, 0.5) is 0 Å². The minimum Gasteiger partial charge on any atom is -0.379 e. The van der Waals surface area contributed by atoms with Crippen molar-refractivity contribution in [2.24, 2.45) is 0 Å². The zero-order valence-electron chi connectivity index (χ0n) is 9.63. The molecule has 0 amide bonds. The lowest BCUT2D eigenvalue weighted by molar-refractivity contribution is -0.0285. The number of rotatable bonds is 6. The van der Waals surface area contributed by atoms with Crippen LogP contribution in [0.5, 0.6) is 0 Å². The first-order valence-electron chi connectivity index (χ1n) is 6.10. The fraction of sp³-hybridized carbons (Fsp3) is 1.00. The monoisotopic (exact) mass is 200 g/mol. The number of unbranched alkanes of at least 4 members (excludes halogenated alkanes) is 1. The smallest absolute Gasteiger partial charge is 0.0577 e. The molecule has 1 aliphatic carbocycles. The molecular weight excluding hydrogens is 176 g/mol. The quantitative estimate of drug-likeness (QED) is 0.613. The van der Waals surface area contributed by atoms with Gasteiger partial charge in [0.2, 0.25) is 0 Å². The molecule has 1 aliphatic rings. The first-order chi connectivity index (χ1) is 6.86. The molecule has 1 rings (SSSR count). The first kappa shape index (κ1) is 12.0. The third-order valence-corrected chi connectivity index (χ3v) is 2.88. The molecule has 0 aromatic carbocycles. The van der Waals surface area contributed by atoms with Crippen LogP contribution in [-0.2, 0) is 9.47 Å². The van der Waals surface area contributed by atoms with Crippen LogP contribution in [0.2, 0.25) is 0 Å². The fourth-order valence-electron chi connectivity index (χ4n) is 2.00. The number of hydrogen-bond donors (Lipinski definition) is 0. The van der Waals surface area contributed by atoms with E-state index in [1.54, 1.807) is 0 Å². The third-order valence-electron chi connectivity index (χ3n) is 2.88. The van der Waals surface area contributed by atoms with Gasteiger partial charge in [-0.3, -0.25) is 0 Å². The lowest BCUT2D eigenvalue weighted by Gasteiger charge is -2.28. The Hall–Kier alpha value is -0.0800. The van der Waals surface area contributed by atoms with Crippen molar-refractivity contribution in [2.45, 2.75) is 64.6 Å². The highest BCUT2D eigenvalue weighted by atomic mass is 16.5. The van der Waals surface area contributed by atoms with Crippen molar-refractivity contribution in [3.05, 3.63) is 0 Å². The molecule has 1 saturated carbocycles. The minimum absolute atomic E-state index is 0.506. The third kappa shape index (κ3) is 4.43. The second-order valence-electron chi connectivity index (χ2n) is 4.08. The summed E-state index contributed by atoms with van der Waals surface area (Å²) in [5, 5.41) is 0. The summed E-state index contributed by atoms with van der Waals surface area (Å²) in [7, 11) is 0.